The molecule has 1 aromatic rings. The van der Waals surface area contributed by atoms with Crippen LogP contribution in [-0.2, 0) is 4.79 Å². The maximum atomic E-state index is 12.8. The Kier molecular flexibility index (Phi) is 4.44. The van der Waals surface area contributed by atoms with Gasteiger partial charge in [-0.2, -0.15) is 0 Å². The summed E-state index contributed by atoms with van der Waals surface area (Å²) in [6.45, 7) is 0.633. The van der Waals surface area contributed by atoms with Crippen molar-refractivity contribution < 1.29 is 9.59 Å². The smallest absolute Gasteiger partial charge is 0.258 e. The van der Waals surface area contributed by atoms with Crippen LogP contribution in [0.25, 0.3) is 0 Å². The zero-order valence-electron chi connectivity index (χ0n) is 14.4. The molecule has 2 aliphatic heterocycles. The summed E-state index contributed by atoms with van der Waals surface area (Å²) in [5, 5.41) is 2.80. The van der Waals surface area contributed by atoms with Gasteiger partial charge in [0.15, 0.2) is 0 Å². The van der Waals surface area contributed by atoms with Gasteiger partial charge in [0.05, 0.1) is 5.56 Å². The predicted molar refractivity (Wildman–Crippen MR) is 95.0 cm³/mol. The van der Waals surface area contributed by atoms with Gasteiger partial charge in [-0.1, -0.05) is 31.1 Å². The molecule has 4 rings (SSSR count). The van der Waals surface area contributed by atoms with Gasteiger partial charge in [0.25, 0.3) is 5.91 Å². The number of fused-ring (bicyclic) bond motifs is 2. The molecule has 1 saturated heterocycles. The number of anilines is 1. The van der Waals surface area contributed by atoms with E-state index in [0.29, 0.717) is 23.8 Å². The molecule has 1 N–H and O–H groups in total. The van der Waals surface area contributed by atoms with E-state index in [1.807, 2.05) is 0 Å². The highest BCUT2D eigenvalue weighted by Gasteiger charge is 2.38. The Morgan fingerprint density at radius 1 is 1.16 bits per heavy atom. The molecule has 0 spiro atoms. The minimum absolute atomic E-state index is 0.112. The Morgan fingerprint density at radius 3 is 2.84 bits per heavy atom. The molecule has 3 aliphatic rings. The number of hydrogen-bond acceptors (Lipinski definition) is 3. The van der Waals surface area contributed by atoms with Gasteiger partial charge in [0, 0.05) is 24.7 Å². The topological polar surface area (TPSA) is 62.3 Å². The number of nitrogens with one attached hydrogen (secondary N) is 1. The zero-order chi connectivity index (χ0) is 17.2. The lowest BCUT2D eigenvalue weighted by atomic mass is 9.87. The molecule has 5 nitrogen and oxygen atoms in total. The minimum atomic E-state index is -0.359. The predicted octanol–water partition coefficient (Wildman–Crippen LogP) is 2.96. The number of hydrogen-bond donors (Lipinski definition) is 1. The van der Waals surface area contributed by atoms with Crippen molar-refractivity contribution in [3.05, 3.63) is 23.4 Å². The van der Waals surface area contributed by atoms with Crippen LogP contribution in [-0.4, -0.2) is 34.3 Å². The molecule has 1 aliphatic carbocycles. The average molecular weight is 337 g/mol. The molecule has 1 aromatic heterocycles. The molecule has 0 bridgehead atoms. The molecular weight excluding hydrogens is 314 g/mol. The quantitative estimate of drug-likeness (QED) is 0.802. The summed E-state index contributed by atoms with van der Waals surface area (Å²) in [7, 11) is 0. The van der Waals surface area contributed by atoms with Gasteiger partial charge < -0.3 is 10.2 Å². The van der Waals surface area contributed by atoms with Crippen molar-refractivity contribution >= 4 is 17.6 Å². The van der Waals surface area contributed by atoms with Crippen molar-refractivity contribution in [3.8, 4) is 11.8 Å². The Bertz CT molecular complexity index is 756. The van der Waals surface area contributed by atoms with E-state index in [2.05, 4.69) is 22.1 Å². The van der Waals surface area contributed by atoms with Crippen molar-refractivity contribution in [2.75, 3.05) is 11.9 Å². The Balaban J connectivity index is 1.54. The first-order valence-electron chi connectivity index (χ1n) is 9.33. The second kappa shape index (κ2) is 6.87. The SMILES string of the molecule is O=C1Nc2ncc(C#CCC3CCCCC3)cc2C(=O)N2CCC[C@@H]12. The molecule has 2 amide bonds. The van der Waals surface area contributed by atoms with Crippen LogP contribution in [0.5, 0.6) is 0 Å². The Labute approximate surface area is 148 Å². The van der Waals surface area contributed by atoms with Crippen molar-refractivity contribution in [2.24, 2.45) is 5.92 Å². The van der Waals surface area contributed by atoms with Gasteiger partial charge in [-0.05, 0) is 37.7 Å². The molecule has 0 aromatic carbocycles. The van der Waals surface area contributed by atoms with Crippen LogP contribution in [0.1, 0.15) is 67.3 Å². The van der Waals surface area contributed by atoms with E-state index >= 15 is 0 Å². The zero-order valence-corrected chi connectivity index (χ0v) is 14.4. The largest absolute Gasteiger partial charge is 0.326 e. The molecule has 0 radical (unpaired) electrons. The number of amides is 2. The fourth-order valence-corrected chi connectivity index (χ4v) is 4.12. The van der Waals surface area contributed by atoms with Gasteiger partial charge in [-0.25, -0.2) is 4.98 Å². The summed E-state index contributed by atoms with van der Waals surface area (Å²) >= 11 is 0. The van der Waals surface area contributed by atoms with Crippen LogP contribution in [0.2, 0.25) is 0 Å². The van der Waals surface area contributed by atoms with Gasteiger partial charge in [0.2, 0.25) is 5.91 Å². The van der Waals surface area contributed by atoms with Crippen molar-refractivity contribution in [1.82, 2.24) is 9.88 Å². The Hall–Kier alpha value is -2.35. The van der Waals surface area contributed by atoms with E-state index in [1.165, 1.54) is 32.1 Å². The second-order valence-electron chi connectivity index (χ2n) is 7.28. The minimum Gasteiger partial charge on any atom is -0.326 e. The first kappa shape index (κ1) is 16.1. The number of pyridine rings is 1. The number of carbonyl (C=O) groups is 2. The van der Waals surface area contributed by atoms with Crippen LogP contribution >= 0.6 is 0 Å². The third-order valence-electron chi connectivity index (χ3n) is 5.52. The van der Waals surface area contributed by atoms with Gasteiger partial charge in [0.1, 0.15) is 11.9 Å². The highest BCUT2D eigenvalue weighted by atomic mass is 16.2. The highest BCUT2D eigenvalue weighted by Crippen LogP contribution is 2.28. The number of carbonyl (C=O) groups excluding carboxylic acids is 2. The first-order chi connectivity index (χ1) is 12.2. The molecule has 130 valence electrons. The van der Waals surface area contributed by atoms with Crippen molar-refractivity contribution in [3.63, 3.8) is 0 Å². The van der Waals surface area contributed by atoms with Crippen molar-refractivity contribution in [2.45, 2.75) is 57.4 Å². The van der Waals surface area contributed by atoms with Crippen LogP contribution in [0, 0.1) is 17.8 Å². The fraction of sp³-hybridized carbons (Fsp3) is 0.550. The lowest BCUT2D eigenvalue weighted by Crippen LogP contribution is -2.40. The van der Waals surface area contributed by atoms with Gasteiger partial charge in [-0.15, -0.1) is 0 Å². The van der Waals surface area contributed by atoms with E-state index < -0.39 is 0 Å². The summed E-state index contributed by atoms with van der Waals surface area (Å²) in [6.07, 6.45) is 10.7. The molecular formula is C20H23N3O2. The van der Waals surface area contributed by atoms with Crippen LogP contribution < -0.4 is 5.32 Å². The van der Waals surface area contributed by atoms with Crippen molar-refractivity contribution in [1.29, 1.82) is 0 Å². The molecule has 5 heteroatoms. The molecule has 1 saturated carbocycles. The first-order valence-corrected chi connectivity index (χ1v) is 9.33. The summed E-state index contributed by atoms with van der Waals surface area (Å²) < 4.78 is 0. The highest BCUT2D eigenvalue weighted by molar-refractivity contribution is 6.09. The second-order valence-corrected chi connectivity index (χ2v) is 7.28. The molecule has 25 heavy (non-hydrogen) atoms. The van der Waals surface area contributed by atoms with Gasteiger partial charge >= 0.3 is 0 Å². The normalized spacial score (nSPS) is 23.2. The van der Waals surface area contributed by atoms with Gasteiger partial charge in [-0.3, -0.25) is 9.59 Å². The summed E-state index contributed by atoms with van der Waals surface area (Å²) in [5.41, 5.74) is 1.21. The summed E-state index contributed by atoms with van der Waals surface area (Å²) in [6, 6.07) is 1.42. The van der Waals surface area contributed by atoms with Crippen LogP contribution in [0.3, 0.4) is 0 Å². The number of nitrogens with zero attached hydrogens (tertiary/aromatic N) is 2. The number of aromatic nitrogens is 1. The standard InChI is InChI=1S/C20H23N3O2/c24-19-17-10-5-11-23(17)20(25)16-12-15(13-21-18(16)22-19)9-4-8-14-6-2-1-3-7-14/h12-14,17H,1-3,5-8,10-11H2,(H,21,22,24)/t17-/m0/s1. The van der Waals surface area contributed by atoms with E-state index in [0.717, 1.165) is 24.8 Å². The monoisotopic (exact) mass is 337 g/mol. The lowest BCUT2D eigenvalue weighted by molar-refractivity contribution is -0.119. The summed E-state index contributed by atoms with van der Waals surface area (Å²) in [4.78, 5) is 31.0. The molecule has 0 unspecified atom stereocenters. The maximum absolute atomic E-state index is 12.8. The maximum Gasteiger partial charge on any atom is 0.258 e. The fourth-order valence-electron chi connectivity index (χ4n) is 4.12. The lowest BCUT2D eigenvalue weighted by Gasteiger charge is -2.19. The molecule has 2 fully saturated rings. The molecule has 3 heterocycles. The summed E-state index contributed by atoms with van der Waals surface area (Å²) in [5.74, 6) is 7.25. The number of rotatable bonds is 1. The van der Waals surface area contributed by atoms with E-state index in [9.17, 15) is 9.59 Å². The van der Waals surface area contributed by atoms with Crippen LogP contribution in [0.15, 0.2) is 12.3 Å². The average Bonchev–Trinajstić information content (AvgIpc) is 3.10. The van der Waals surface area contributed by atoms with Crippen LogP contribution in [0.4, 0.5) is 5.82 Å². The third-order valence-corrected chi connectivity index (χ3v) is 5.52. The molecule has 1 atom stereocenters. The Morgan fingerprint density at radius 2 is 2.00 bits per heavy atom. The van der Waals surface area contributed by atoms with E-state index in [4.69, 9.17) is 0 Å². The van der Waals surface area contributed by atoms with E-state index in [1.54, 1.807) is 17.2 Å². The third kappa shape index (κ3) is 3.26. The van der Waals surface area contributed by atoms with E-state index in [-0.39, 0.29) is 17.9 Å².